The fourth-order valence-electron chi connectivity index (χ4n) is 6.98. The zero-order chi connectivity index (χ0) is 19.8. The van der Waals surface area contributed by atoms with Crippen LogP contribution >= 0.6 is 0 Å². The van der Waals surface area contributed by atoms with Crippen molar-refractivity contribution in [3.8, 4) is 0 Å². The zero-order valence-corrected chi connectivity index (χ0v) is 15.9. The Morgan fingerprint density at radius 2 is 2.04 bits per heavy atom. The molecular weight excluding hydrogens is 346 g/mol. The van der Waals surface area contributed by atoms with Gasteiger partial charge in [0.1, 0.15) is 5.60 Å². The van der Waals surface area contributed by atoms with Crippen molar-refractivity contribution in [2.75, 3.05) is 0 Å². The number of aliphatic hydroxyl groups excluding tert-OH is 2. The van der Waals surface area contributed by atoms with E-state index < -0.39 is 29.1 Å². The molecule has 4 aliphatic carbocycles. The van der Waals surface area contributed by atoms with Crippen molar-refractivity contribution >= 4 is 11.6 Å². The number of nitrogens with two attached hydrogens (primary N) is 1. The Morgan fingerprint density at radius 3 is 2.70 bits per heavy atom. The third-order valence-electron chi connectivity index (χ3n) is 8.32. The van der Waals surface area contributed by atoms with Crippen molar-refractivity contribution in [3.05, 3.63) is 23.8 Å². The second-order valence-corrected chi connectivity index (χ2v) is 9.42. The van der Waals surface area contributed by atoms with E-state index in [0.717, 1.165) is 18.4 Å². The summed E-state index contributed by atoms with van der Waals surface area (Å²) in [7, 11) is 0. The van der Waals surface area contributed by atoms with Gasteiger partial charge in [-0.1, -0.05) is 25.5 Å². The molecule has 0 radical (unpaired) electrons. The molecule has 3 fully saturated rings. The number of carbonyl (C=O) groups is 2. The smallest absolute Gasteiger partial charge is 0.207 e. The minimum absolute atomic E-state index is 0.00571. The van der Waals surface area contributed by atoms with E-state index in [2.05, 4.69) is 6.92 Å². The molecule has 0 aromatic rings. The van der Waals surface area contributed by atoms with Crippen LogP contribution < -0.4 is 5.73 Å². The van der Waals surface area contributed by atoms with Gasteiger partial charge >= 0.3 is 0 Å². The van der Waals surface area contributed by atoms with E-state index in [1.165, 1.54) is 0 Å². The standard InChI is InChI=1S/C21H29NO5/c1-19-7-5-12(23)9-11(19)3-4-13-14-6-8-21(27,17(25)18(22)26)20(14,2)10-15(24)16(13)19/h5,7,9,13-16,18,24,26-27H,3-4,6,8,10,22H2,1-2H3/t13-,14-,15-,16+,18?,19-,20-,21-/m0/s1. The van der Waals surface area contributed by atoms with Crippen LogP contribution in [0.4, 0.5) is 0 Å². The number of aliphatic hydroxyl groups is 3. The highest BCUT2D eigenvalue weighted by Gasteiger charge is 2.68. The molecule has 4 aliphatic rings. The molecule has 0 amide bonds. The molecule has 0 heterocycles. The van der Waals surface area contributed by atoms with E-state index in [4.69, 9.17) is 5.73 Å². The quantitative estimate of drug-likeness (QED) is 0.531. The van der Waals surface area contributed by atoms with Gasteiger partial charge in [-0.25, -0.2) is 0 Å². The summed E-state index contributed by atoms with van der Waals surface area (Å²) in [5.41, 5.74) is 3.56. The number of hydrogen-bond acceptors (Lipinski definition) is 6. The van der Waals surface area contributed by atoms with Gasteiger partial charge in [0.25, 0.3) is 0 Å². The fraction of sp³-hybridized carbons (Fsp3) is 0.714. The largest absolute Gasteiger partial charge is 0.393 e. The molecule has 0 aromatic carbocycles. The van der Waals surface area contributed by atoms with Crippen LogP contribution in [0.2, 0.25) is 0 Å². The highest BCUT2D eigenvalue weighted by molar-refractivity contribution is 6.01. The number of hydrogen-bond donors (Lipinski definition) is 4. The summed E-state index contributed by atoms with van der Waals surface area (Å²) in [4.78, 5) is 24.4. The molecule has 27 heavy (non-hydrogen) atoms. The average Bonchev–Trinajstić information content (AvgIpc) is 2.86. The highest BCUT2D eigenvalue weighted by Crippen LogP contribution is 2.67. The van der Waals surface area contributed by atoms with Crippen molar-refractivity contribution in [1.29, 1.82) is 0 Å². The summed E-state index contributed by atoms with van der Waals surface area (Å²) in [5.74, 6) is -0.614. The van der Waals surface area contributed by atoms with E-state index in [0.29, 0.717) is 6.42 Å². The lowest BCUT2D eigenvalue weighted by Gasteiger charge is -2.59. The van der Waals surface area contributed by atoms with Crippen LogP contribution in [0.25, 0.3) is 0 Å². The maximum atomic E-state index is 12.6. The number of rotatable bonds is 2. The number of ketones is 2. The van der Waals surface area contributed by atoms with Crippen molar-refractivity contribution in [2.24, 2.45) is 34.3 Å². The lowest BCUT2D eigenvalue weighted by atomic mass is 9.46. The Balaban J connectivity index is 1.74. The summed E-state index contributed by atoms with van der Waals surface area (Å²) >= 11 is 0. The van der Waals surface area contributed by atoms with Gasteiger partial charge in [-0.15, -0.1) is 0 Å². The van der Waals surface area contributed by atoms with Crippen molar-refractivity contribution in [1.82, 2.24) is 0 Å². The minimum Gasteiger partial charge on any atom is -0.393 e. The number of Topliss-reactive ketones (excluding diaryl/α,β-unsaturated/α-hetero) is 1. The van der Waals surface area contributed by atoms with E-state index >= 15 is 0 Å². The van der Waals surface area contributed by atoms with Gasteiger partial charge in [0.15, 0.2) is 12.0 Å². The first kappa shape index (κ1) is 19.0. The van der Waals surface area contributed by atoms with Crippen LogP contribution in [0.3, 0.4) is 0 Å². The average molecular weight is 375 g/mol. The maximum Gasteiger partial charge on any atom is 0.207 e. The predicted molar refractivity (Wildman–Crippen MR) is 98.2 cm³/mol. The molecule has 0 spiro atoms. The molecule has 6 heteroatoms. The SMILES string of the molecule is C[C@]12C=CC(=O)C=C1CC[C@@H]1[C@@H]2[C@@H](O)C[C@@]2(C)[C@H]1CC[C@]2(O)C(=O)C(N)O. The molecule has 0 aromatic heterocycles. The lowest BCUT2D eigenvalue weighted by molar-refractivity contribution is -0.182. The minimum atomic E-state index is -1.72. The Kier molecular flexibility index (Phi) is 4.10. The van der Waals surface area contributed by atoms with Gasteiger partial charge in [-0.05, 0) is 56.1 Å². The fourth-order valence-corrected chi connectivity index (χ4v) is 6.98. The molecule has 3 saturated carbocycles. The van der Waals surface area contributed by atoms with Gasteiger partial charge in [-0.3, -0.25) is 15.3 Å². The highest BCUT2D eigenvalue weighted by atomic mass is 16.3. The third kappa shape index (κ3) is 2.33. The van der Waals surface area contributed by atoms with Gasteiger partial charge < -0.3 is 15.3 Å². The summed E-state index contributed by atoms with van der Waals surface area (Å²) in [6, 6.07) is 0. The van der Waals surface area contributed by atoms with Crippen molar-refractivity contribution in [2.45, 2.75) is 63.9 Å². The van der Waals surface area contributed by atoms with Crippen LogP contribution in [0.15, 0.2) is 23.8 Å². The van der Waals surface area contributed by atoms with Crippen LogP contribution in [0.1, 0.15) is 46.0 Å². The Morgan fingerprint density at radius 1 is 1.33 bits per heavy atom. The molecule has 148 valence electrons. The number of fused-ring (bicyclic) bond motifs is 5. The van der Waals surface area contributed by atoms with Crippen LogP contribution in [-0.4, -0.2) is 44.8 Å². The third-order valence-corrected chi connectivity index (χ3v) is 8.32. The number of allylic oxidation sites excluding steroid dienone is 4. The van der Waals surface area contributed by atoms with E-state index in [-0.39, 0.29) is 41.8 Å². The first-order chi connectivity index (χ1) is 12.5. The van der Waals surface area contributed by atoms with Crippen molar-refractivity contribution < 1.29 is 24.9 Å². The normalized spacial score (nSPS) is 49.7. The second kappa shape index (κ2) is 5.83. The monoisotopic (exact) mass is 375 g/mol. The molecule has 0 saturated heterocycles. The predicted octanol–water partition coefficient (Wildman–Crippen LogP) is 0.842. The molecule has 0 aliphatic heterocycles. The van der Waals surface area contributed by atoms with Gasteiger partial charge in [-0.2, -0.15) is 0 Å². The first-order valence-corrected chi connectivity index (χ1v) is 9.87. The van der Waals surface area contributed by atoms with Crippen LogP contribution in [0.5, 0.6) is 0 Å². The Labute approximate surface area is 159 Å². The van der Waals surface area contributed by atoms with Gasteiger partial charge in [0, 0.05) is 16.7 Å². The summed E-state index contributed by atoms with van der Waals surface area (Å²) in [5, 5.41) is 32.1. The second-order valence-electron chi connectivity index (χ2n) is 9.42. The lowest BCUT2D eigenvalue weighted by Crippen LogP contribution is -2.63. The van der Waals surface area contributed by atoms with Crippen LogP contribution in [0, 0.1) is 28.6 Å². The van der Waals surface area contributed by atoms with Gasteiger partial charge in [0.2, 0.25) is 5.78 Å². The number of carbonyl (C=O) groups excluding carboxylic acids is 2. The summed E-state index contributed by atoms with van der Waals surface area (Å²) in [6.07, 6.45) is 5.59. The maximum absolute atomic E-state index is 12.6. The molecule has 8 atom stereocenters. The summed E-state index contributed by atoms with van der Waals surface area (Å²) in [6.45, 7) is 3.94. The van der Waals surface area contributed by atoms with E-state index in [9.17, 15) is 24.9 Å². The van der Waals surface area contributed by atoms with Gasteiger partial charge in [0.05, 0.1) is 6.10 Å². The van der Waals surface area contributed by atoms with Crippen LogP contribution in [-0.2, 0) is 9.59 Å². The van der Waals surface area contributed by atoms with E-state index in [1.807, 2.05) is 13.0 Å². The Bertz CT molecular complexity index is 758. The molecule has 5 N–H and O–H groups in total. The molecule has 6 nitrogen and oxygen atoms in total. The first-order valence-electron chi connectivity index (χ1n) is 9.87. The molecule has 0 bridgehead atoms. The molecule has 4 rings (SSSR count). The Hall–Kier alpha value is -1.34. The van der Waals surface area contributed by atoms with E-state index in [1.54, 1.807) is 12.2 Å². The molecule has 1 unspecified atom stereocenters. The topological polar surface area (TPSA) is 121 Å². The summed E-state index contributed by atoms with van der Waals surface area (Å²) < 4.78 is 0. The zero-order valence-electron chi connectivity index (χ0n) is 15.9. The van der Waals surface area contributed by atoms with Crippen molar-refractivity contribution in [3.63, 3.8) is 0 Å². The molecular formula is C21H29NO5.